The lowest BCUT2D eigenvalue weighted by Crippen LogP contribution is -2.03. The highest BCUT2D eigenvalue weighted by atomic mass is 16.5. The maximum atomic E-state index is 9.48. The van der Waals surface area contributed by atoms with Gasteiger partial charge < -0.3 is 15.6 Å². The Hall–Kier alpha value is -1.22. The van der Waals surface area contributed by atoms with E-state index in [1.165, 1.54) is 0 Å². The van der Waals surface area contributed by atoms with Gasteiger partial charge in [0.15, 0.2) is 0 Å². The Morgan fingerprint density at radius 1 is 1.43 bits per heavy atom. The average molecular weight is 195 g/mol. The van der Waals surface area contributed by atoms with Crippen molar-refractivity contribution in [1.29, 1.82) is 0 Å². The summed E-state index contributed by atoms with van der Waals surface area (Å²) < 4.78 is 5.45. The highest BCUT2D eigenvalue weighted by Gasteiger charge is 2.02. The van der Waals surface area contributed by atoms with Crippen LogP contribution in [-0.4, -0.2) is 18.3 Å². The first-order chi connectivity index (χ1) is 6.77. The van der Waals surface area contributed by atoms with Crippen LogP contribution in [0.15, 0.2) is 18.2 Å². The Labute approximate surface area is 84.5 Å². The molecule has 1 aromatic rings. The Kier molecular flexibility index (Phi) is 4.26. The molecule has 0 aliphatic heterocycles. The molecule has 78 valence electrons. The lowest BCUT2D eigenvalue weighted by atomic mass is 10.1. The fraction of sp³-hybridized carbons (Fsp3) is 0.455. The molecule has 0 spiro atoms. The number of nitrogens with two attached hydrogens (primary N) is 1. The van der Waals surface area contributed by atoms with Crippen molar-refractivity contribution >= 4 is 0 Å². The van der Waals surface area contributed by atoms with E-state index >= 15 is 0 Å². The third kappa shape index (κ3) is 2.92. The van der Waals surface area contributed by atoms with E-state index < -0.39 is 0 Å². The van der Waals surface area contributed by atoms with E-state index in [9.17, 15) is 5.11 Å². The lowest BCUT2D eigenvalue weighted by Gasteiger charge is -2.08. The van der Waals surface area contributed by atoms with Crippen molar-refractivity contribution in [2.45, 2.75) is 19.8 Å². The molecule has 3 nitrogen and oxygen atoms in total. The van der Waals surface area contributed by atoms with E-state index in [1.54, 1.807) is 12.1 Å². The summed E-state index contributed by atoms with van der Waals surface area (Å²) >= 11 is 0. The molecule has 0 saturated carbocycles. The normalized spacial score (nSPS) is 10.1. The van der Waals surface area contributed by atoms with Crippen LogP contribution in [0, 0.1) is 0 Å². The van der Waals surface area contributed by atoms with Crippen LogP contribution in [0.1, 0.15) is 18.9 Å². The average Bonchev–Trinajstić information content (AvgIpc) is 2.19. The molecule has 1 rings (SSSR count). The van der Waals surface area contributed by atoms with Gasteiger partial charge in [-0.3, -0.25) is 0 Å². The van der Waals surface area contributed by atoms with Crippen molar-refractivity contribution in [1.82, 2.24) is 0 Å². The summed E-state index contributed by atoms with van der Waals surface area (Å²) in [5, 5.41) is 9.48. The predicted octanol–water partition coefficient (Wildman–Crippen LogP) is 1.68. The van der Waals surface area contributed by atoms with Gasteiger partial charge >= 0.3 is 0 Å². The molecule has 0 heterocycles. The third-order valence-electron chi connectivity index (χ3n) is 1.94. The van der Waals surface area contributed by atoms with Crippen molar-refractivity contribution in [2.75, 3.05) is 13.2 Å². The SMILES string of the molecule is CCCOc1ccc(O)c(CCN)c1. The highest BCUT2D eigenvalue weighted by Crippen LogP contribution is 2.23. The van der Waals surface area contributed by atoms with Crippen LogP contribution in [0.4, 0.5) is 0 Å². The smallest absolute Gasteiger partial charge is 0.119 e. The minimum absolute atomic E-state index is 0.291. The molecule has 0 aliphatic rings. The second-order valence-corrected chi connectivity index (χ2v) is 3.18. The highest BCUT2D eigenvalue weighted by molar-refractivity contribution is 5.39. The number of ether oxygens (including phenoxy) is 1. The van der Waals surface area contributed by atoms with E-state index in [1.807, 2.05) is 6.07 Å². The molecule has 0 amide bonds. The number of phenols is 1. The first-order valence-corrected chi connectivity index (χ1v) is 4.92. The fourth-order valence-electron chi connectivity index (χ4n) is 1.23. The molecule has 0 aliphatic carbocycles. The van der Waals surface area contributed by atoms with Crippen LogP contribution in [0.2, 0.25) is 0 Å². The van der Waals surface area contributed by atoms with Gasteiger partial charge in [-0.1, -0.05) is 6.92 Å². The molecule has 0 unspecified atom stereocenters. The number of aromatic hydroxyl groups is 1. The predicted molar refractivity (Wildman–Crippen MR) is 56.7 cm³/mol. The summed E-state index contributed by atoms with van der Waals surface area (Å²) in [6.45, 7) is 3.29. The van der Waals surface area contributed by atoms with Gasteiger partial charge in [-0.15, -0.1) is 0 Å². The third-order valence-corrected chi connectivity index (χ3v) is 1.94. The summed E-state index contributed by atoms with van der Waals surface area (Å²) in [7, 11) is 0. The maximum Gasteiger partial charge on any atom is 0.119 e. The zero-order chi connectivity index (χ0) is 10.4. The molecular formula is C11H17NO2. The summed E-state index contributed by atoms with van der Waals surface area (Å²) in [6, 6.07) is 5.26. The van der Waals surface area contributed by atoms with E-state index in [0.717, 1.165) is 17.7 Å². The van der Waals surface area contributed by atoms with Gasteiger partial charge in [0.25, 0.3) is 0 Å². The Balaban J connectivity index is 2.72. The second kappa shape index (κ2) is 5.50. The van der Waals surface area contributed by atoms with Gasteiger partial charge in [0.1, 0.15) is 11.5 Å². The summed E-state index contributed by atoms with van der Waals surface area (Å²) in [5.41, 5.74) is 6.28. The van der Waals surface area contributed by atoms with Crippen molar-refractivity contribution < 1.29 is 9.84 Å². The molecule has 0 fully saturated rings. The van der Waals surface area contributed by atoms with Crippen LogP contribution >= 0.6 is 0 Å². The molecule has 0 atom stereocenters. The van der Waals surface area contributed by atoms with Crippen LogP contribution < -0.4 is 10.5 Å². The minimum Gasteiger partial charge on any atom is -0.508 e. The van der Waals surface area contributed by atoms with E-state index in [2.05, 4.69) is 6.92 Å². The molecule has 0 radical (unpaired) electrons. The maximum absolute atomic E-state index is 9.48. The van der Waals surface area contributed by atoms with E-state index in [0.29, 0.717) is 25.3 Å². The van der Waals surface area contributed by atoms with Gasteiger partial charge in [0, 0.05) is 0 Å². The molecule has 0 bridgehead atoms. The van der Waals surface area contributed by atoms with E-state index in [4.69, 9.17) is 10.5 Å². The zero-order valence-corrected chi connectivity index (χ0v) is 8.49. The van der Waals surface area contributed by atoms with Crippen molar-refractivity contribution in [3.05, 3.63) is 23.8 Å². The number of phenolic OH excluding ortho intramolecular Hbond substituents is 1. The molecule has 14 heavy (non-hydrogen) atoms. The van der Waals surface area contributed by atoms with E-state index in [-0.39, 0.29) is 0 Å². The Bertz CT molecular complexity index is 287. The monoisotopic (exact) mass is 195 g/mol. The van der Waals surface area contributed by atoms with Crippen LogP contribution in [0.3, 0.4) is 0 Å². The largest absolute Gasteiger partial charge is 0.508 e. The first-order valence-electron chi connectivity index (χ1n) is 4.92. The van der Waals surface area contributed by atoms with Crippen LogP contribution in [0.25, 0.3) is 0 Å². The van der Waals surface area contributed by atoms with Crippen molar-refractivity contribution in [3.63, 3.8) is 0 Å². The van der Waals surface area contributed by atoms with Gasteiger partial charge in [0.2, 0.25) is 0 Å². The molecule has 3 N–H and O–H groups in total. The van der Waals surface area contributed by atoms with Crippen molar-refractivity contribution in [3.8, 4) is 11.5 Å². The number of rotatable bonds is 5. The molecular weight excluding hydrogens is 178 g/mol. The molecule has 1 aromatic carbocycles. The van der Waals surface area contributed by atoms with Gasteiger partial charge in [0.05, 0.1) is 6.61 Å². The van der Waals surface area contributed by atoms with Gasteiger partial charge in [-0.05, 0) is 43.1 Å². The van der Waals surface area contributed by atoms with Gasteiger partial charge in [-0.25, -0.2) is 0 Å². The Morgan fingerprint density at radius 2 is 2.21 bits per heavy atom. The number of hydrogen-bond donors (Lipinski definition) is 2. The second-order valence-electron chi connectivity index (χ2n) is 3.18. The Morgan fingerprint density at radius 3 is 2.86 bits per heavy atom. The lowest BCUT2D eigenvalue weighted by molar-refractivity contribution is 0.316. The van der Waals surface area contributed by atoms with Crippen LogP contribution in [-0.2, 0) is 6.42 Å². The molecule has 0 saturated heterocycles. The number of benzene rings is 1. The molecule has 3 heteroatoms. The van der Waals surface area contributed by atoms with Crippen LogP contribution in [0.5, 0.6) is 11.5 Å². The van der Waals surface area contributed by atoms with Gasteiger partial charge in [-0.2, -0.15) is 0 Å². The summed E-state index contributed by atoms with van der Waals surface area (Å²) in [6.07, 6.45) is 1.66. The zero-order valence-electron chi connectivity index (χ0n) is 8.49. The van der Waals surface area contributed by atoms with Crippen molar-refractivity contribution in [2.24, 2.45) is 5.73 Å². The number of hydrogen-bond acceptors (Lipinski definition) is 3. The standard InChI is InChI=1S/C11H17NO2/c1-2-7-14-10-3-4-11(13)9(8-10)5-6-12/h3-4,8,13H,2,5-7,12H2,1H3. The summed E-state index contributed by atoms with van der Waals surface area (Å²) in [4.78, 5) is 0. The first kappa shape index (κ1) is 10.9. The molecule has 0 aromatic heterocycles. The quantitative estimate of drug-likeness (QED) is 0.751. The summed E-state index contributed by atoms with van der Waals surface area (Å²) in [5.74, 6) is 1.09. The fourth-order valence-corrected chi connectivity index (χ4v) is 1.23. The topological polar surface area (TPSA) is 55.5 Å². The minimum atomic E-state index is 0.291.